The molecule has 0 bridgehead atoms. The molecule has 2 rings (SSSR count). The summed E-state index contributed by atoms with van der Waals surface area (Å²) >= 11 is 0. The summed E-state index contributed by atoms with van der Waals surface area (Å²) in [5.74, 6) is -0.680. The number of unbranched alkanes of at least 4 members (excludes halogenated alkanes) is 1. The van der Waals surface area contributed by atoms with Gasteiger partial charge in [0.05, 0.1) is 0 Å². The van der Waals surface area contributed by atoms with Crippen LogP contribution >= 0.6 is 0 Å². The van der Waals surface area contributed by atoms with E-state index in [1.165, 1.54) is 5.56 Å². The van der Waals surface area contributed by atoms with Gasteiger partial charge in [-0.1, -0.05) is 30.3 Å². The molecule has 1 aliphatic rings. The number of rotatable bonds is 8. The van der Waals surface area contributed by atoms with Crippen molar-refractivity contribution < 1.29 is 9.90 Å². The van der Waals surface area contributed by atoms with Crippen molar-refractivity contribution in [2.45, 2.75) is 25.7 Å². The molecular weight excluding hydrogens is 264 g/mol. The summed E-state index contributed by atoms with van der Waals surface area (Å²) in [5.41, 5.74) is 1.41. The van der Waals surface area contributed by atoms with Gasteiger partial charge in [0.25, 0.3) is 0 Å². The highest BCUT2D eigenvalue weighted by atomic mass is 16.4. The second kappa shape index (κ2) is 8.80. The van der Waals surface area contributed by atoms with Crippen molar-refractivity contribution in [1.82, 2.24) is 9.80 Å². The maximum atomic E-state index is 10.5. The monoisotopic (exact) mass is 290 g/mol. The van der Waals surface area contributed by atoms with Crippen LogP contribution in [0.25, 0.3) is 0 Å². The molecule has 4 heteroatoms. The first kappa shape index (κ1) is 16.0. The molecule has 0 amide bonds. The van der Waals surface area contributed by atoms with E-state index in [4.69, 9.17) is 5.11 Å². The molecule has 1 aromatic carbocycles. The lowest BCUT2D eigenvalue weighted by molar-refractivity contribution is -0.137. The van der Waals surface area contributed by atoms with E-state index in [9.17, 15) is 4.79 Å². The summed E-state index contributed by atoms with van der Waals surface area (Å²) in [6.45, 7) is 6.66. The average molecular weight is 290 g/mol. The van der Waals surface area contributed by atoms with Crippen molar-refractivity contribution in [1.29, 1.82) is 0 Å². The first-order valence-corrected chi connectivity index (χ1v) is 7.94. The van der Waals surface area contributed by atoms with Crippen molar-refractivity contribution >= 4 is 5.97 Å². The fourth-order valence-corrected chi connectivity index (χ4v) is 2.78. The second-order valence-electron chi connectivity index (χ2n) is 5.77. The van der Waals surface area contributed by atoms with E-state index in [-0.39, 0.29) is 0 Å². The van der Waals surface area contributed by atoms with Crippen molar-refractivity contribution in [3.8, 4) is 0 Å². The summed E-state index contributed by atoms with van der Waals surface area (Å²) in [4.78, 5) is 15.4. The third-order valence-corrected chi connectivity index (χ3v) is 4.14. The highest BCUT2D eigenvalue weighted by Gasteiger charge is 2.16. The molecule has 0 atom stereocenters. The number of aliphatic carboxylic acids is 1. The zero-order chi connectivity index (χ0) is 14.9. The predicted octanol–water partition coefficient (Wildman–Crippen LogP) is 2.10. The molecule has 0 unspecified atom stereocenters. The van der Waals surface area contributed by atoms with Crippen LogP contribution in [0.3, 0.4) is 0 Å². The molecule has 1 N–H and O–H groups in total. The van der Waals surface area contributed by atoms with Gasteiger partial charge in [0.1, 0.15) is 0 Å². The van der Waals surface area contributed by atoms with Gasteiger partial charge < -0.3 is 14.9 Å². The Morgan fingerprint density at radius 1 is 0.952 bits per heavy atom. The Hall–Kier alpha value is -1.39. The molecule has 21 heavy (non-hydrogen) atoms. The molecule has 1 aliphatic heterocycles. The summed E-state index contributed by atoms with van der Waals surface area (Å²) < 4.78 is 0. The van der Waals surface area contributed by atoms with Gasteiger partial charge in [0.15, 0.2) is 0 Å². The Labute approximate surface area is 127 Å². The lowest BCUT2D eigenvalue weighted by atomic mass is 10.1. The van der Waals surface area contributed by atoms with Gasteiger partial charge in [-0.3, -0.25) is 4.79 Å². The number of piperazine rings is 1. The Kier molecular flexibility index (Phi) is 6.70. The fraction of sp³-hybridized carbons (Fsp3) is 0.588. The van der Waals surface area contributed by atoms with Crippen molar-refractivity contribution in [2.75, 3.05) is 39.3 Å². The van der Waals surface area contributed by atoms with Gasteiger partial charge >= 0.3 is 5.97 Å². The second-order valence-corrected chi connectivity index (χ2v) is 5.77. The van der Waals surface area contributed by atoms with E-state index < -0.39 is 5.97 Å². The third-order valence-electron chi connectivity index (χ3n) is 4.14. The highest BCUT2D eigenvalue weighted by molar-refractivity contribution is 5.66. The number of carboxylic acids is 1. The van der Waals surface area contributed by atoms with Crippen LogP contribution in [0.15, 0.2) is 30.3 Å². The van der Waals surface area contributed by atoms with Crippen LogP contribution in [0.4, 0.5) is 0 Å². The Bertz CT molecular complexity index is 414. The molecule has 1 aromatic rings. The maximum Gasteiger partial charge on any atom is 0.303 e. The number of nitrogens with zero attached hydrogens (tertiary/aromatic N) is 2. The fourth-order valence-electron chi connectivity index (χ4n) is 2.78. The van der Waals surface area contributed by atoms with E-state index >= 15 is 0 Å². The predicted molar refractivity (Wildman–Crippen MR) is 84.5 cm³/mol. The molecule has 1 heterocycles. The number of hydrogen-bond acceptors (Lipinski definition) is 3. The van der Waals surface area contributed by atoms with Gasteiger partial charge in [-0.25, -0.2) is 0 Å². The standard InChI is InChI=1S/C17H26N2O2/c20-17(21)8-4-5-10-18-12-14-19(15-13-18)11-9-16-6-2-1-3-7-16/h1-3,6-7H,4-5,8-15H2,(H,20,21). The van der Waals surface area contributed by atoms with Gasteiger partial charge in [0.2, 0.25) is 0 Å². The van der Waals surface area contributed by atoms with Crippen LogP contribution in [0.5, 0.6) is 0 Å². The Balaban J connectivity index is 1.57. The largest absolute Gasteiger partial charge is 0.481 e. The van der Waals surface area contributed by atoms with Gasteiger partial charge in [-0.2, -0.15) is 0 Å². The molecule has 4 nitrogen and oxygen atoms in total. The van der Waals surface area contributed by atoms with Crippen LogP contribution in [0.2, 0.25) is 0 Å². The van der Waals surface area contributed by atoms with E-state index in [0.717, 1.165) is 58.5 Å². The molecule has 0 aliphatic carbocycles. The van der Waals surface area contributed by atoms with Crippen LogP contribution in [0, 0.1) is 0 Å². The molecule has 0 radical (unpaired) electrons. The van der Waals surface area contributed by atoms with Gasteiger partial charge in [-0.15, -0.1) is 0 Å². The van der Waals surface area contributed by atoms with Gasteiger partial charge in [0, 0.05) is 39.1 Å². The Morgan fingerprint density at radius 3 is 2.19 bits per heavy atom. The number of carboxylic acid groups (broad SMARTS) is 1. The van der Waals surface area contributed by atoms with Crippen molar-refractivity contribution in [2.24, 2.45) is 0 Å². The molecule has 0 spiro atoms. The smallest absolute Gasteiger partial charge is 0.303 e. The number of carbonyl (C=O) groups is 1. The van der Waals surface area contributed by atoms with Crippen LogP contribution in [0.1, 0.15) is 24.8 Å². The van der Waals surface area contributed by atoms with E-state index in [1.54, 1.807) is 0 Å². The third kappa shape index (κ3) is 6.27. The van der Waals surface area contributed by atoms with Crippen LogP contribution in [-0.2, 0) is 11.2 Å². The minimum absolute atomic E-state index is 0.303. The summed E-state index contributed by atoms with van der Waals surface area (Å²) in [5, 5.41) is 8.62. The minimum atomic E-state index is -0.680. The molecule has 1 saturated heterocycles. The zero-order valence-electron chi connectivity index (χ0n) is 12.7. The Morgan fingerprint density at radius 2 is 1.57 bits per heavy atom. The molecule has 0 saturated carbocycles. The van der Waals surface area contributed by atoms with Gasteiger partial charge in [-0.05, 0) is 31.4 Å². The van der Waals surface area contributed by atoms with Crippen molar-refractivity contribution in [3.63, 3.8) is 0 Å². The molecule has 116 valence electrons. The molecule has 0 aromatic heterocycles. The maximum absolute atomic E-state index is 10.5. The van der Waals surface area contributed by atoms with E-state index in [0.29, 0.717) is 6.42 Å². The first-order chi connectivity index (χ1) is 10.2. The molecule has 1 fully saturated rings. The number of benzene rings is 1. The van der Waals surface area contributed by atoms with E-state index in [1.807, 2.05) is 0 Å². The van der Waals surface area contributed by atoms with Crippen molar-refractivity contribution in [3.05, 3.63) is 35.9 Å². The van der Waals surface area contributed by atoms with E-state index in [2.05, 4.69) is 40.1 Å². The normalized spacial score (nSPS) is 17.0. The summed E-state index contributed by atoms with van der Waals surface area (Å²) in [6, 6.07) is 10.7. The average Bonchev–Trinajstić information content (AvgIpc) is 2.51. The summed E-state index contributed by atoms with van der Waals surface area (Å²) in [7, 11) is 0. The quantitative estimate of drug-likeness (QED) is 0.745. The topological polar surface area (TPSA) is 43.8 Å². The van der Waals surface area contributed by atoms with Crippen LogP contribution < -0.4 is 0 Å². The zero-order valence-corrected chi connectivity index (χ0v) is 12.7. The first-order valence-electron chi connectivity index (χ1n) is 7.94. The minimum Gasteiger partial charge on any atom is -0.481 e. The lowest BCUT2D eigenvalue weighted by Gasteiger charge is -2.34. The van der Waals surface area contributed by atoms with Crippen LogP contribution in [-0.4, -0.2) is 60.1 Å². The lowest BCUT2D eigenvalue weighted by Crippen LogP contribution is -2.47. The number of hydrogen-bond donors (Lipinski definition) is 1. The molecular formula is C17H26N2O2. The highest BCUT2D eigenvalue weighted by Crippen LogP contribution is 2.07. The SMILES string of the molecule is O=C(O)CCCCN1CCN(CCc2ccccc2)CC1. The summed E-state index contributed by atoms with van der Waals surface area (Å²) in [6.07, 6.45) is 3.22.